The van der Waals surface area contributed by atoms with Crippen molar-refractivity contribution in [1.82, 2.24) is 0 Å². The van der Waals surface area contributed by atoms with E-state index in [2.05, 4.69) is 17.5 Å². The zero-order valence-electron chi connectivity index (χ0n) is 6.66. The van der Waals surface area contributed by atoms with E-state index >= 15 is 0 Å². The second-order valence-corrected chi connectivity index (χ2v) is 2.88. The van der Waals surface area contributed by atoms with Gasteiger partial charge in [-0.1, -0.05) is 6.07 Å². The maximum atomic E-state index is 9.29. The molecule has 0 saturated heterocycles. The normalized spacial score (nSPS) is 9.42. The van der Waals surface area contributed by atoms with Crippen LogP contribution >= 0.6 is 12.2 Å². The summed E-state index contributed by atoms with van der Waals surface area (Å²) in [6, 6.07) is 5.14. The second kappa shape index (κ2) is 3.40. The quantitative estimate of drug-likeness (QED) is 0.574. The summed E-state index contributed by atoms with van der Waals surface area (Å²) in [5, 5.41) is 12.2. The highest BCUT2D eigenvalue weighted by atomic mass is 32.1. The molecule has 0 bridgehead atoms. The van der Waals surface area contributed by atoms with Gasteiger partial charge in [0.1, 0.15) is 5.75 Å². The summed E-state index contributed by atoms with van der Waals surface area (Å²) in [4.78, 5) is 0. The molecule has 0 aliphatic carbocycles. The zero-order valence-corrected chi connectivity index (χ0v) is 7.48. The predicted molar refractivity (Wildman–Crippen MR) is 53.3 cm³/mol. The summed E-state index contributed by atoms with van der Waals surface area (Å²) in [5.74, 6) is 0.233. The number of hydrogen-bond acceptors (Lipinski definition) is 2. The lowest BCUT2D eigenvalue weighted by atomic mass is 10.2. The highest BCUT2D eigenvalue weighted by Crippen LogP contribution is 2.23. The van der Waals surface area contributed by atoms with E-state index in [-0.39, 0.29) is 10.9 Å². The lowest BCUT2D eigenvalue weighted by Gasteiger charge is -2.07. The van der Waals surface area contributed by atoms with Crippen LogP contribution < -0.4 is 11.1 Å². The Bertz CT molecular complexity index is 312. The Labute approximate surface area is 76.2 Å². The molecule has 0 radical (unpaired) electrons. The van der Waals surface area contributed by atoms with Gasteiger partial charge in [-0.2, -0.15) is 0 Å². The van der Waals surface area contributed by atoms with E-state index in [1.807, 2.05) is 0 Å². The average Bonchev–Trinajstić information content (AvgIpc) is 1.98. The van der Waals surface area contributed by atoms with Crippen molar-refractivity contribution >= 4 is 23.0 Å². The third-order valence-corrected chi connectivity index (χ3v) is 1.67. The molecule has 4 heteroatoms. The number of rotatable bonds is 1. The van der Waals surface area contributed by atoms with Crippen LogP contribution in [0.4, 0.5) is 5.69 Å². The number of thiocarbonyl (C=S) groups is 1. The maximum absolute atomic E-state index is 9.29. The molecule has 64 valence electrons. The van der Waals surface area contributed by atoms with E-state index in [9.17, 15) is 5.11 Å². The average molecular weight is 182 g/mol. The van der Waals surface area contributed by atoms with Gasteiger partial charge in [-0.15, -0.1) is 0 Å². The molecule has 0 atom stereocenters. The molecule has 1 aromatic rings. The Morgan fingerprint density at radius 3 is 2.83 bits per heavy atom. The largest absolute Gasteiger partial charge is 0.508 e. The number of phenols is 1. The van der Waals surface area contributed by atoms with Gasteiger partial charge in [-0.25, -0.2) is 0 Å². The molecule has 0 heterocycles. The first-order valence-corrected chi connectivity index (χ1v) is 3.87. The standard InChI is InChI=1S/C8H10N2OS/c1-5-6(10-8(9)12)3-2-4-7(5)11/h2-4,11H,1H3,(H3,9,10,12). The van der Waals surface area contributed by atoms with E-state index in [0.717, 1.165) is 11.3 Å². The molecule has 0 aliphatic rings. The van der Waals surface area contributed by atoms with Crippen LogP contribution in [0.15, 0.2) is 18.2 Å². The molecule has 4 N–H and O–H groups in total. The molecular weight excluding hydrogens is 172 g/mol. The summed E-state index contributed by atoms with van der Waals surface area (Å²) >= 11 is 4.67. The minimum atomic E-state index is 0.198. The van der Waals surface area contributed by atoms with Crippen LogP contribution in [0.2, 0.25) is 0 Å². The number of aromatic hydroxyl groups is 1. The van der Waals surface area contributed by atoms with Crippen LogP contribution in [0.3, 0.4) is 0 Å². The first kappa shape index (κ1) is 8.80. The number of benzene rings is 1. The monoisotopic (exact) mass is 182 g/mol. The van der Waals surface area contributed by atoms with Gasteiger partial charge in [0.2, 0.25) is 0 Å². The Balaban J connectivity index is 3.00. The van der Waals surface area contributed by atoms with Crippen molar-refractivity contribution in [3.8, 4) is 5.75 Å². The smallest absolute Gasteiger partial charge is 0.168 e. The summed E-state index contributed by atoms with van der Waals surface area (Å²) in [5.41, 5.74) is 6.76. The van der Waals surface area contributed by atoms with Gasteiger partial charge in [-0.05, 0) is 31.3 Å². The molecule has 0 aliphatic heterocycles. The minimum absolute atomic E-state index is 0.198. The minimum Gasteiger partial charge on any atom is -0.508 e. The van der Waals surface area contributed by atoms with Crippen LogP contribution in [-0.4, -0.2) is 10.2 Å². The second-order valence-electron chi connectivity index (χ2n) is 2.44. The van der Waals surface area contributed by atoms with Crippen LogP contribution in [0, 0.1) is 6.92 Å². The summed E-state index contributed by atoms with van der Waals surface area (Å²) in [6.45, 7) is 1.79. The van der Waals surface area contributed by atoms with Crippen molar-refractivity contribution in [3.63, 3.8) is 0 Å². The number of nitrogens with one attached hydrogen (secondary N) is 1. The highest BCUT2D eigenvalue weighted by Gasteiger charge is 2.01. The number of phenolic OH excluding ortho intramolecular Hbond substituents is 1. The van der Waals surface area contributed by atoms with Gasteiger partial charge in [0.05, 0.1) is 0 Å². The molecule has 0 amide bonds. The third kappa shape index (κ3) is 1.85. The first-order valence-electron chi connectivity index (χ1n) is 3.46. The van der Waals surface area contributed by atoms with Gasteiger partial charge >= 0.3 is 0 Å². The van der Waals surface area contributed by atoms with Crippen LogP contribution in [0.5, 0.6) is 5.75 Å². The molecule has 0 fully saturated rings. The van der Waals surface area contributed by atoms with Gasteiger partial charge in [0.15, 0.2) is 5.11 Å². The molecule has 1 aromatic carbocycles. The van der Waals surface area contributed by atoms with E-state index in [1.54, 1.807) is 25.1 Å². The predicted octanol–water partition coefficient (Wildman–Crippen LogP) is 1.36. The highest BCUT2D eigenvalue weighted by molar-refractivity contribution is 7.80. The van der Waals surface area contributed by atoms with Gasteiger partial charge in [-0.3, -0.25) is 0 Å². The Morgan fingerprint density at radius 1 is 1.58 bits per heavy atom. The van der Waals surface area contributed by atoms with E-state index < -0.39 is 0 Å². The molecule has 12 heavy (non-hydrogen) atoms. The lowest BCUT2D eigenvalue weighted by Crippen LogP contribution is -2.19. The van der Waals surface area contributed by atoms with Crippen molar-refractivity contribution in [2.75, 3.05) is 5.32 Å². The number of nitrogens with two attached hydrogens (primary N) is 1. The number of anilines is 1. The van der Waals surface area contributed by atoms with Gasteiger partial charge in [0.25, 0.3) is 0 Å². The van der Waals surface area contributed by atoms with Crippen molar-refractivity contribution in [1.29, 1.82) is 0 Å². The molecular formula is C8H10N2OS. The third-order valence-electron chi connectivity index (χ3n) is 1.56. The molecule has 0 spiro atoms. The molecule has 0 unspecified atom stereocenters. The Kier molecular flexibility index (Phi) is 2.50. The fourth-order valence-corrected chi connectivity index (χ4v) is 1.00. The summed E-state index contributed by atoms with van der Waals surface area (Å²) in [7, 11) is 0. The SMILES string of the molecule is Cc1c(O)cccc1NC(N)=S. The van der Waals surface area contributed by atoms with E-state index in [1.165, 1.54) is 0 Å². The fraction of sp³-hybridized carbons (Fsp3) is 0.125. The zero-order chi connectivity index (χ0) is 9.14. The van der Waals surface area contributed by atoms with Crippen molar-refractivity contribution in [2.24, 2.45) is 5.73 Å². The van der Waals surface area contributed by atoms with Gasteiger partial charge in [0, 0.05) is 11.3 Å². The lowest BCUT2D eigenvalue weighted by molar-refractivity contribution is 0.471. The Hall–Kier alpha value is -1.29. The van der Waals surface area contributed by atoms with Crippen molar-refractivity contribution < 1.29 is 5.11 Å². The van der Waals surface area contributed by atoms with Crippen molar-refractivity contribution in [2.45, 2.75) is 6.92 Å². The number of hydrogen-bond donors (Lipinski definition) is 3. The van der Waals surface area contributed by atoms with Crippen LogP contribution in [0.1, 0.15) is 5.56 Å². The molecule has 1 rings (SSSR count). The van der Waals surface area contributed by atoms with E-state index in [4.69, 9.17) is 5.73 Å². The first-order chi connectivity index (χ1) is 5.61. The summed E-state index contributed by atoms with van der Waals surface area (Å²) in [6.07, 6.45) is 0. The van der Waals surface area contributed by atoms with Crippen LogP contribution in [-0.2, 0) is 0 Å². The van der Waals surface area contributed by atoms with E-state index in [0.29, 0.717) is 0 Å². The Morgan fingerprint density at radius 2 is 2.25 bits per heavy atom. The molecule has 3 nitrogen and oxygen atoms in total. The van der Waals surface area contributed by atoms with Crippen molar-refractivity contribution in [3.05, 3.63) is 23.8 Å². The molecule has 0 saturated carbocycles. The maximum Gasteiger partial charge on any atom is 0.168 e. The molecule has 0 aromatic heterocycles. The van der Waals surface area contributed by atoms with Crippen LogP contribution in [0.25, 0.3) is 0 Å². The summed E-state index contributed by atoms with van der Waals surface area (Å²) < 4.78 is 0. The van der Waals surface area contributed by atoms with Gasteiger partial charge < -0.3 is 16.2 Å². The topological polar surface area (TPSA) is 58.3 Å². The fourth-order valence-electron chi connectivity index (χ4n) is 0.892.